The molecule has 1 saturated carbocycles. The maximum absolute atomic E-state index is 12.4. The highest BCUT2D eigenvalue weighted by atomic mass is 16.6. The Morgan fingerprint density at radius 3 is 2.87 bits per heavy atom. The van der Waals surface area contributed by atoms with Gasteiger partial charge in [0.25, 0.3) is 5.69 Å². The molecule has 0 radical (unpaired) electrons. The largest absolute Gasteiger partial charge is 0.379 e. The van der Waals surface area contributed by atoms with Crippen molar-refractivity contribution in [2.75, 3.05) is 11.9 Å². The Morgan fingerprint density at radius 2 is 2.26 bits per heavy atom. The highest BCUT2D eigenvalue weighted by Gasteiger charge is 2.22. The van der Waals surface area contributed by atoms with E-state index in [1.807, 2.05) is 0 Å². The maximum Gasteiger partial charge on any atom is 0.293 e. The van der Waals surface area contributed by atoms with Crippen molar-refractivity contribution in [3.8, 4) is 0 Å². The van der Waals surface area contributed by atoms with Crippen molar-refractivity contribution in [1.29, 1.82) is 0 Å². The zero-order valence-electron chi connectivity index (χ0n) is 12.9. The monoisotopic (exact) mass is 314 g/mol. The van der Waals surface area contributed by atoms with Crippen LogP contribution in [0.4, 0.5) is 11.4 Å². The zero-order valence-corrected chi connectivity index (χ0v) is 12.9. The van der Waals surface area contributed by atoms with E-state index in [-0.39, 0.29) is 22.9 Å². The van der Waals surface area contributed by atoms with Gasteiger partial charge in [0.05, 0.1) is 4.92 Å². The summed E-state index contributed by atoms with van der Waals surface area (Å²) in [6, 6.07) is 4.52. The summed E-state index contributed by atoms with van der Waals surface area (Å²) in [5.41, 5.74) is 0.631. The minimum Gasteiger partial charge on any atom is -0.379 e. The molecular weight excluding hydrogens is 296 g/mol. The van der Waals surface area contributed by atoms with Crippen LogP contribution in [0.1, 0.15) is 35.4 Å². The van der Waals surface area contributed by atoms with E-state index in [1.54, 1.807) is 29.9 Å². The number of rotatable bonds is 7. The molecule has 0 atom stereocenters. The normalized spacial score (nSPS) is 13.8. The standard InChI is InChI=1S/C16H18N4O3/c1-19-9-8-18-16(19)15(21)12-4-5-13(14(10-12)20(22)23)17-7-6-11-2-3-11/h4-5,8-11,17H,2-3,6-7H2,1H3. The smallest absolute Gasteiger partial charge is 0.293 e. The van der Waals surface area contributed by atoms with E-state index in [2.05, 4.69) is 10.3 Å². The third kappa shape index (κ3) is 3.39. The van der Waals surface area contributed by atoms with Gasteiger partial charge in [-0.05, 0) is 24.5 Å². The van der Waals surface area contributed by atoms with Gasteiger partial charge in [0.15, 0.2) is 5.82 Å². The summed E-state index contributed by atoms with van der Waals surface area (Å²) in [6.45, 7) is 0.707. The number of benzene rings is 1. The fourth-order valence-electron chi connectivity index (χ4n) is 2.50. The molecule has 7 heteroatoms. The molecule has 0 unspecified atom stereocenters. The summed E-state index contributed by atoms with van der Waals surface area (Å²) >= 11 is 0. The van der Waals surface area contributed by atoms with Gasteiger partial charge in [0.2, 0.25) is 5.78 Å². The number of carbonyl (C=O) groups is 1. The van der Waals surface area contributed by atoms with Crippen LogP contribution in [0, 0.1) is 16.0 Å². The molecule has 0 saturated heterocycles. The van der Waals surface area contributed by atoms with Gasteiger partial charge in [-0.2, -0.15) is 0 Å². The number of imidazole rings is 1. The van der Waals surface area contributed by atoms with Crippen molar-refractivity contribution in [2.24, 2.45) is 13.0 Å². The third-order valence-corrected chi connectivity index (χ3v) is 4.05. The van der Waals surface area contributed by atoms with Crippen LogP contribution in [-0.2, 0) is 7.05 Å². The predicted molar refractivity (Wildman–Crippen MR) is 85.6 cm³/mol. The molecular formula is C16H18N4O3. The molecule has 0 spiro atoms. The minimum atomic E-state index is -0.464. The summed E-state index contributed by atoms with van der Waals surface area (Å²) in [5.74, 6) is 0.685. The summed E-state index contributed by atoms with van der Waals surface area (Å²) < 4.78 is 1.59. The second-order valence-corrected chi connectivity index (χ2v) is 5.84. The number of carbonyl (C=O) groups excluding carboxylic acids is 1. The first kappa shape index (κ1) is 15.2. The van der Waals surface area contributed by atoms with E-state index in [4.69, 9.17) is 0 Å². The van der Waals surface area contributed by atoms with Gasteiger partial charge in [0.1, 0.15) is 5.69 Å². The maximum atomic E-state index is 12.4. The van der Waals surface area contributed by atoms with Gasteiger partial charge < -0.3 is 9.88 Å². The minimum absolute atomic E-state index is 0.0825. The lowest BCUT2D eigenvalue weighted by Crippen LogP contribution is -2.10. The molecule has 1 aromatic heterocycles. The number of aryl methyl sites for hydroxylation is 1. The number of nitro groups is 1. The average Bonchev–Trinajstić information content (AvgIpc) is 3.26. The van der Waals surface area contributed by atoms with Crippen LogP contribution in [0.2, 0.25) is 0 Å². The van der Waals surface area contributed by atoms with Crippen molar-refractivity contribution in [1.82, 2.24) is 9.55 Å². The highest BCUT2D eigenvalue weighted by Crippen LogP contribution is 2.33. The Bertz CT molecular complexity index is 750. The van der Waals surface area contributed by atoms with Crippen LogP contribution < -0.4 is 5.32 Å². The zero-order chi connectivity index (χ0) is 16.4. The Hall–Kier alpha value is -2.70. The number of nitrogens with zero attached hydrogens (tertiary/aromatic N) is 3. The highest BCUT2D eigenvalue weighted by molar-refractivity contribution is 6.07. The molecule has 1 aliphatic carbocycles. The Morgan fingerprint density at radius 1 is 1.48 bits per heavy atom. The summed E-state index contributed by atoms with van der Waals surface area (Å²) in [7, 11) is 1.71. The van der Waals surface area contributed by atoms with Crippen molar-refractivity contribution in [3.05, 3.63) is 52.1 Å². The second kappa shape index (κ2) is 6.20. The lowest BCUT2D eigenvalue weighted by Gasteiger charge is -2.08. The van der Waals surface area contributed by atoms with Gasteiger partial charge in [0, 0.05) is 37.6 Å². The van der Waals surface area contributed by atoms with Crippen LogP contribution in [0.15, 0.2) is 30.6 Å². The van der Waals surface area contributed by atoms with Crippen molar-refractivity contribution in [2.45, 2.75) is 19.3 Å². The summed E-state index contributed by atoms with van der Waals surface area (Å²) in [4.78, 5) is 27.2. The van der Waals surface area contributed by atoms with E-state index < -0.39 is 4.92 Å². The van der Waals surface area contributed by atoms with Crippen molar-refractivity contribution in [3.63, 3.8) is 0 Å². The van der Waals surface area contributed by atoms with Gasteiger partial charge in [-0.15, -0.1) is 0 Å². The summed E-state index contributed by atoms with van der Waals surface area (Å²) in [5, 5.41) is 14.4. The molecule has 23 heavy (non-hydrogen) atoms. The van der Waals surface area contributed by atoms with Crippen LogP contribution in [0.25, 0.3) is 0 Å². The van der Waals surface area contributed by atoms with Crippen LogP contribution >= 0.6 is 0 Å². The fourth-order valence-corrected chi connectivity index (χ4v) is 2.50. The molecule has 7 nitrogen and oxygen atoms in total. The predicted octanol–water partition coefficient (Wildman–Crippen LogP) is 2.77. The third-order valence-electron chi connectivity index (χ3n) is 4.05. The van der Waals surface area contributed by atoms with Crippen LogP contribution in [-0.4, -0.2) is 26.8 Å². The number of aromatic nitrogens is 2. The molecule has 1 aromatic carbocycles. The second-order valence-electron chi connectivity index (χ2n) is 5.84. The lowest BCUT2D eigenvalue weighted by molar-refractivity contribution is -0.384. The molecule has 0 aliphatic heterocycles. The van der Waals surface area contributed by atoms with Crippen LogP contribution in [0.5, 0.6) is 0 Å². The number of hydrogen-bond acceptors (Lipinski definition) is 5. The topological polar surface area (TPSA) is 90.1 Å². The van der Waals surface area contributed by atoms with Crippen LogP contribution in [0.3, 0.4) is 0 Å². The first-order chi connectivity index (χ1) is 11.1. The molecule has 3 rings (SSSR count). The molecule has 0 bridgehead atoms. The average molecular weight is 314 g/mol. The number of ketones is 1. The number of nitro benzene ring substituents is 1. The Kier molecular flexibility index (Phi) is 4.10. The van der Waals surface area contributed by atoms with Gasteiger partial charge in [-0.1, -0.05) is 12.8 Å². The SMILES string of the molecule is Cn1ccnc1C(=O)c1ccc(NCCC2CC2)c([N+](=O)[O-])c1. The molecule has 1 aliphatic rings. The quantitative estimate of drug-likeness (QED) is 0.482. The lowest BCUT2D eigenvalue weighted by atomic mass is 10.1. The molecule has 1 N–H and O–H groups in total. The summed E-state index contributed by atoms with van der Waals surface area (Å²) in [6.07, 6.45) is 6.71. The van der Waals surface area contributed by atoms with E-state index in [9.17, 15) is 14.9 Å². The van der Waals surface area contributed by atoms with Gasteiger partial charge >= 0.3 is 0 Å². The van der Waals surface area contributed by atoms with Crippen molar-refractivity contribution < 1.29 is 9.72 Å². The number of anilines is 1. The van der Waals surface area contributed by atoms with E-state index in [0.717, 1.165) is 12.3 Å². The first-order valence-corrected chi connectivity index (χ1v) is 7.60. The van der Waals surface area contributed by atoms with Gasteiger partial charge in [-0.25, -0.2) is 4.98 Å². The van der Waals surface area contributed by atoms with E-state index >= 15 is 0 Å². The fraction of sp³-hybridized carbons (Fsp3) is 0.375. The number of hydrogen-bond donors (Lipinski definition) is 1. The molecule has 1 heterocycles. The van der Waals surface area contributed by atoms with E-state index in [0.29, 0.717) is 12.2 Å². The van der Waals surface area contributed by atoms with E-state index in [1.165, 1.54) is 25.1 Å². The number of nitrogens with one attached hydrogen (secondary N) is 1. The molecule has 120 valence electrons. The molecule has 2 aromatic rings. The Balaban J connectivity index is 1.82. The molecule has 1 fully saturated rings. The molecule has 0 amide bonds. The Labute approximate surface area is 133 Å². The van der Waals surface area contributed by atoms with Crippen molar-refractivity contribution >= 4 is 17.2 Å². The first-order valence-electron chi connectivity index (χ1n) is 7.60. The van der Waals surface area contributed by atoms with Gasteiger partial charge in [-0.3, -0.25) is 14.9 Å².